The van der Waals surface area contributed by atoms with Crippen molar-refractivity contribution in [2.75, 3.05) is 13.1 Å². The number of alkyl halides is 3. The molecule has 10 heteroatoms. The van der Waals surface area contributed by atoms with Crippen LogP contribution in [0.25, 0.3) is 10.9 Å². The van der Waals surface area contributed by atoms with E-state index in [1.807, 2.05) is 0 Å². The average Bonchev–Trinajstić information content (AvgIpc) is 3.09. The third-order valence-corrected chi connectivity index (χ3v) is 5.98. The Kier molecular flexibility index (Phi) is 6.25. The average molecular weight is 481 g/mol. The predicted molar refractivity (Wildman–Crippen MR) is 116 cm³/mol. The minimum atomic E-state index is -4.78. The third-order valence-electron chi connectivity index (χ3n) is 5.75. The second-order valence-corrected chi connectivity index (χ2v) is 8.31. The fourth-order valence-electron chi connectivity index (χ4n) is 4.31. The number of carbonyl (C=O) groups is 2. The van der Waals surface area contributed by atoms with Crippen LogP contribution in [0, 0.1) is 0 Å². The number of carbonyl (C=O) groups excluding carboxylic acids is 1. The summed E-state index contributed by atoms with van der Waals surface area (Å²) in [5.41, 5.74) is 1.37. The number of benzene rings is 2. The Morgan fingerprint density at radius 1 is 1.12 bits per heavy atom. The highest BCUT2D eigenvalue weighted by atomic mass is 35.5. The molecular formula is C23H20ClF3N2O4. The van der Waals surface area contributed by atoms with Gasteiger partial charge in [0, 0.05) is 29.7 Å². The lowest BCUT2D eigenvalue weighted by atomic mass is 9.88. The van der Waals surface area contributed by atoms with Crippen LogP contribution in [0.5, 0.6) is 5.75 Å². The van der Waals surface area contributed by atoms with E-state index in [1.165, 1.54) is 22.9 Å². The van der Waals surface area contributed by atoms with Gasteiger partial charge < -0.3 is 19.3 Å². The highest BCUT2D eigenvalue weighted by Crippen LogP contribution is 2.37. The van der Waals surface area contributed by atoms with Crippen molar-refractivity contribution in [2.24, 2.45) is 0 Å². The number of para-hydroxylation sites is 1. The fraction of sp³-hybridized carbons (Fsp3) is 0.304. The van der Waals surface area contributed by atoms with Crippen LogP contribution in [0.3, 0.4) is 0 Å². The van der Waals surface area contributed by atoms with Gasteiger partial charge in [0.2, 0.25) is 0 Å². The molecule has 0 radical (unpaired) electrons. The van der Waals surface area contributed by atoms with Crippen molar-refractivity contribution in [1.29, 1.82) is 0 Å². The highest BCUT2D eigenvalue weighted by Gasteiger charge is 2.34. The number of nitrogens with zero attached hydrogens (tertiary/aromatic N) is 2. The maximum atomic E-state index is 13.3. The molecule has 6 nitrogen and oxygen atoms in total. The number of aliphatic carboxylic acids is 1. The molecule has 33 heavy (non-hydrogen) atoms. The van der Waals surface area contributed by atoms with Crippen LogP contribution < -0.4 is 4.74 Å². The maximum Gasteiger partial charge on any atom is 0.573 e. The van der Waals surface area contributed by atoms with Crippen LogP contribution in [0.2, 0.25) is 5.02 Å². The standard InChI is InChI=1S/C23H20ClF3N2O4/c24-15-5-6-17-18(12-29(13-21(30)31)19(17)11-15)22(32)28-9-7-14(8-10-28)16-3-1-2-4-20(16)33-23(25,26)27/h1-6,11-12,14H,7-10,13H2,(H,30,31). The van der Waals surface area contributed by atoms with Crippen molar-refractivity contribution in [3.8, 4) is 5.75 Å². The second kappa shape index (κ2) is 8.97. The summed E-state index contributed by atoms with van der Waals surface area (Å²) in [5.74, 6) is -1.71. The monoisotopic (exact) mass is 480 g/mol. The number of ether oxygens (including phenoxy) is 1. The molecule has 0 unspecified atom stereocenters. The number of fused-ring (bicyclic) bond motifs is 1. The van der Waals surface area contributed by atoms with Crippen LogP contribution in [0.1, 0.15) is 34.7 Å². The largest absolute Gasteiger partial charge is 0.573 e. The number of likely N-dealkylation sites (tertiary alicyclic amines) is 1. The number of aromatic nitrogens is 1. The van der Waals surface area contributed by atoms with E-state index in [-0.39, 0.29) is 24.1 Å². The first kappa shape index (κ1) is 23.0. The Balaban J connectivity index is 1.53. The molecule has 0 spiro atoms. The molecule has 1 amide bonds. The van der Waals surface area contributed by atoms with Crippen molar-refractivity contribution in [1.82, 2.24) is 9.47 Å². The van der Waals surface area contributed by atoms with Gasteiger partial charge in [0.05, 0.1) is 11.1 Å². The van der Waals surface area contributed by atoms with E-state index in [1.54, 1.807) is 35.2 Å². The van der Waals surface area contributed by atoms with E-state index in [0.717, 1.165) is 0 Å². The van der Waals surface area contributed by atoms with Gasteiger partial charge in [-0.05, 0) is 42.5 Å². The summed E-state index contributed by atoms with van der Waals surface area (Å²) >= 11 is 6.06. The van der Waals surface area contributed by atoms with Crippen LogP contribution in [0.4, 0.5) is 13.2 Å². The molecule has 1 aliphatic rings. The smallest absolute Gasteiger partial charge is 0.480 e. The van der Waals surface area contributed by atoms with Gasteiger partial charge in [-0.25, -0.2) is 0 Å². The van der Waals surface area contributed by atoms with Crippen molar-refractivity contribution in [3.05, 3.63) is 64.8 Å². The molecule has 4 rings (SSSR count). The van der Waals surface area contributed by atoms with Gasteiger partial charge in [0.1, 0.15) is 12.3 Å². The lowest BCUT2D eigenvalue weighted by Gasteiger charge is -2.33. The Bertz CT molecular complexity index is 1200. The Labute approximate surface area is 192 Å². The third kappa shape index (κ3) is 5.08. The second-order valence-electron chi connectivity index (χ2n) is 7.88. The van der Waals surface area contributed by atoms with Crippen LogP contribution in [0.15, 0.2) is 48.7 Å². The lowest BCUT2D eigenvalue weighted by Crippen LogP contribution is -2.38. The van der Waals surface area contributed by atoms with Crippen molar-refractivity contribution < 1.29 is 32.6 Å². The topological polar surface area (TPSA) is 71.8 Å². The van der Waals surface area contributed by atoms with Gasteiger partial charge in [-0.2, -0.15) is 0 Å². The first-order valence-corrected chi connectivity index (χ1v) is 10.6. The molecule has 2 aromatic carbocycles. The SMILES string of the molecule is O=C(O)Cn1cc(C(=O)N2CCC(c3ccccc3OC(F)(F)F)CC2)c2ccc(Cl)cc21. The highest BCUT2D eigenvalue weighted by molar-refractivity contribution is 6.31. The van der Waals surface area contributed by atoms with Crippen LogP contribution in [-0.4, -0.2) is 45.9 Å². The van der Waals surface area contributed by atoms with Gasteiger partial charge in [0.15, 0.2) is 0 Å². The summed E-state index contributed by atoms with van der Waals surface area (Å²) in [7, 11) is 0. The summed E-state index contributed by atoms with van der Waals surface area (Å²) < 4.78 is 43.9. The Morgan fingerprint density at radius 3 is 2.48 bits per heavy atom. The van der Waals surface area contributed by atoms with Crippen LogP contribution in [-0.2, 0) is 11.3 Å². The van der Waals surface area contributed by atoms with Crippen molar-refractivity contribution >= 4 is 34.4 Å². The minimum Gasteiger partial charge on any atom is -0.480 e. The molecule has 1 fully saturated rings. The van der Waals surface area contributed by atoms with E-state index >= 15 is 0 Å². The van der Waals surface area contributed by atoms with Gasteiger partial charge in [-0.15, -0.1) is 13.2 Å². The molecule has 1 saturated heterocycles. The molecule has 0 saturated carbocycles. The number of rotatable bonds is 5. The number of hydrogen-bond acceptors (Lipinski definition) is 3. The number of carboxylic acids is 1. The summed E-state index contributed by atoms with van der Waals surface area (Å²) in [6, 6.07) is 11.0. The van der Waals surface area contributed by atoms with Crippen molar-refractivity contribution in [3.63, 3.8) is 0 Å². The predicted octanol–water partition coefficient (Wildman–Crippen LogP) is 5.30. The fourth-order valence-corrected chi connectivity index (χ4v) is 4.48. The molecule has 0 bridgehead atoms. The summed E-state index contributed by atoms with van der Waals surface area (Å²) in [4.78, 5) is 26.1. The lowest BCUT2D eigenvalue weighted by molar-refractivity contribution is -0.275. The quantitative estimate of drug-likeness (QED) is 0.538. The van der Waals surface area contributed by atoms with Gasteiger partial charge in [0.25, 0.3) is 5.91 Å². The summed E-state index contributed by atoms with van der Waals surface area (Å²) in [6.45, 7) is 0.383. The van der Waals surface area contributed by atoms with E-state index < -0.39 is 12.3 Å². The molecule has 2 heterocycles. The zero-order chi connectivity index (χ0) is 23.8. The normalized spacial score (nSPS) is 15.1. The van der Waals surface area contributed by atoms with E-state index in [0.29, 0.717) is 53.0 Å². The number of amides is 1. The van der Waals surface area contributed by atoms with E-state index in [2.05, 4.69) is 4.74 Å². The first-order chi connectivity index (χ1) is 15.6. The van der Waals surface area contributed by atoms with E-state index in [9.17, 15) is 27.9 Å². The Morgan fingerprint density at radius 2 is 1.82 bits per heavy atom. The number of halogens is 4. The number of piperidine rings is 1. The summed E-state index contributed by atoms with van der Waals surface area (Å²) in [5, 5.41) is 10.2. The van der Waals surface area contributed by atoms with Gasteiger partial charge in [-0.3, -0.25) is 9.59 Å². The summed E-state index contributed by atoms with van der Waals surface area (Å²) in [6.07, 6.45) is -2.32. The molecule has 3 aromatic rings. The van der Waals surface area contributed by atoms with Crippen LogP contribution >= 0.6 is 11.6 Å². The molecule has 0 atom stereocenters. The van der Waals surface area contributed by atoms with Gasteiger partial charge >= 0.3 is 12.3 Å². The maximum absolute atomic E-state index is 13.3. The molecular weight excluding hydrogens is 461 g/mol. The first-order valence-electron chi connectivity index (χ1n) is 10.3. The minimum absolute atomic E-state index is 0.181. The zero-order valence-corrected chi connectivity index (χ0v) is 18.1. The van der Waals surface area contributed by atoms with E-state index in [4.69, 9.17) is 11.6 Å². The molecule has 174 valence electrons. The molecule has 0 aliphatic carbocycles. The van der Waals surface area contributed by atoms with Gasteiger partial charge in [-0.1, -0.05) is 35.9 Å². The molecule has 1 aromatic heterocycles. The molecule has 1 N–H and O–H groups in total. The Hall–Kier alpha value is -3.20. The number of carboxylic acid groups (broad SMARTS) is 1. The number of hydrogen-bond donors (Lipinski definition) is 1. The molecule has 1 aliphatic heterocycles. The zero-order valence-electron chi connectivity index (χ0n) is 17.3. The van der Waals surface area contributed by atoms with Crippen molar-refractivity contribution in [2.45, 2.75) is 31.7 Å².